The number of pyridine rings is 1. The number of methoxy groups -OCH3 is 1. The van der Waals surface area contributed by atoms with Gasteiger partial charge in [-0.1, -0.05) is 6.07 Å². The molecule has 3 nitrogen and oxygen atoms in total. The zero-order chi connectivity index (χ0) is 10.4. The highest BCUT2D eigenvalue weighted by Crippen LogP contribution is 2.08. The normalized spacial score (nSPS) is 10.2. The van der Waals surface area contributed by atoms with Crippen molar-refractivity contribution in [2.75, 3.05) is 32.2 Å². The molecule has 1 heterocycles. The molecule has 0 fully saturated rings. The minimum atomic E-state index is -0.443. The first kappa shape index (κ1) is 10.9. The maximum atomic E-state index is 12.8. The fourth-order valence-corrected chi connectivity index (χ4v) is 1.17. The molecule has 0 saturated carbocycles. The summed E-state index contributed by atoms with van der Waals surface area (Å²) in [5.74, 6) is 0.210. The molecule has 0 aliphatic carbocycles. The SMILES string of the molecule is COCCCN(C)c1cccc(F)n1. The van der Waals surface area contributed by atoms with Crippen LogP contribution < -0.4 is 4.90 Å². The van der Waals surface area contributed by atoms with Gasteiger partial charge >= 0.3 is 0 Å². The second-order valence-corrected chi connectivity index (χ2v) is 3.09. The van der Waals surface area contributed by atoms with Crippen molar-refractivity contribution < 1.29 is 9.13 Å². The lowest BCUT2D eigenvalue weighted by atomic mass is 10.4. The standard InChI is InChI=1S/C10H15FN2O/c1-13(7-4-8-14-2)10-6-3-5-9(11)12-10/h3,5-6H,4,7-8H2,1-2H3. The largest absolute Gasteiger partial charge is 0.385 e. The third-order valence-electron chi connectivity index (χ3n) is 1.93. The highest BCUT2D eigenvalue weighted by molar-refractivity contribution is 5.36. The summed E-state index contributed by atoms with van der Waals surface area (Å²) in [7, 11) is 3.55. The van der Waals surface area contributed by atoms with Crippen LogP contribution in [0.5, 0.6) is 0 Å². The smallest absolute Gasteiger partial charge is 0.214 e. The second-order valence-electron chi connectivity index (χ2n) is 3.09. The van der Waals surface area contributed by atoms with Crippen LogP contribution in [0.2, 0.25) is 0 Å². The molecule has 78 valence electrons. The van der Waals surface area contributed by atoms with E-state index in [1.165, 1.54) is 6.07 Å². The average Bonchev–Trinajstić information content (AvgIpc) is 2.18. The van der Waals surface area contributed by atoms with Crippen LogP contribution >= 0.6 is 0 Å². The monoisotopic (exact) mass is 198 g/mol. The van der Waals surface area contributed by atoms with E-state index in [4.69, 9.17) is 4.74 Å². The minimum Gasteiger partial charge on any atom is -0.385 e. The van der Waals surface area contributed by atoms with E-state index >= 15 is 0 Å². The molecule has 0 aromatic carbocycles. The molecular formula is C10H15FN2O. The topological polar surface area (TPSA) is 25.4 Å². The van der Waals surface area contributed by atoms with Gasteiger partial charge in [0, 0.05) is 27.3 Å². The number of halogens is 1. The van der Waals surface area contributed by atoms with Crippen LogP contribution in [0.1, 0.15) is 6.42 Å². The zero-order valence-electron chi connectivity index (χ0n) is 8.53. The molecule has 14 heavy (non-hydrogen) atoms. The summed E-state index contributed by atoms with van der Waals surface area (Å²) in [5.41, 5.74) is 0. The van der Waals surface area contributed by atoms with Crippen LogP contribution in [0.25, 0.3) is 0 Å². The van der Waals surface area contributed by atoms with Crippen molar-refractivity contribution in [2.45, 2.75) is 6.42 Å². The van der Waals surface area contributed by atoms with Crippen molar-refractivity contribution in [3.05, 3.63) is 24.1 Å². The molecular weight excluding hydrogens is 183 g/mol. The van der Waals surface area contributed by atoms with Crippen molar-refractivity contribution in [1.82, 2.24) is 4.98 Å². The Morgan fingerprint density at radius 2 is 2.29 bits per heavy atom. The van der Waals surface area contributed by atoms with Crippen LogP contribution in [0.15, 0.2) is 18.2 Å². The van der Waals surface area contributed by atoms with Gasteiger partial charge in [0.2, 0.25) is 5.95 Å². The molecule has 1 aromatic heterocycles. The molecule has 0 amide bonds. The minimum absolute atomic E-state index is 0.443. The highest BCUT2D eigenvalue weighted by Gasteiger charge is 2.02. The Kier molecular flexibility index (Phi) is 4.32. The molecule has 0 aliphatic heterocycles. The summed E-state index contributed by atoms with van der Waals surface area (Å²) in [6.45, 7) is 1.52. The first-order chi connectivity index (χ1) is 6.74. The highest BCUT2D eigenvalue weighted by atomic mass is 19.1. The molecule has 0 aliphatic rings. The van der Waals surface area contributed by atoms with E-state index in [1.54, 1.807) is 19.2 Å². The predicted molar refractivity (Wildman–Crippen MR) is 54.0 cm³/mol. The number of aromatic nitrogens is 1. The Labute approximate surface area is 83.5 Å². The van der Waals surface area contributed by atoms with Crippen molar-refractivity contribution in [3.63, 3.8) is 0 Å². The van der Waals surface area contributed by atoms with Gasteiger partial charge in [0.05, 0.1) is 0 Å². The van der Waals surface area contributed by atoms with E-state index in [2.05, 4.69) is 4.98 Å². The van der Waals surface area contributed by atoms with E-state index < -0.39 is 5.95 Å². The summed E-state index contributed by atoms with van der Waals surface area (Å²) in [6.07, 6.45) is 0.908. The lowest BCUT2D eigenvalue weighted by Crippen LogP contribution is -2.20. The second kappa shape index (κ2) is 5.54. The molecule has 0 bridgehead atoms. The first-order valence-corrected chi connectivity index (χ1v) is 4.56. The van der Waals surface area contributed by atoms with Gasteiger partial charge in [-0.05, 0) is 18.6 Å². The Bertz CT molecular complexity index is 281. The number of nitrogens with zero attached hydrogens (tertiary/aromatic N) is 2. The maximum absolute atomic E-state index is 12.8. The number of ether oxygens (including phenoxy) is 1. The first-order valence-electron chi connectivity index (χ1n) is 4.56. The molecule has 0 spiro atoms. The van der Waals surface area contributed by atoms with Crippen molar-refractivity contribution in [3.8, 4) is 0 Å². The van der Waals surface area contributed by atoms with Gasteiger partial charge < -0.3 is 9.64 Å². The van der Waals surface area contributed by atoms with Gasteiger partial charge in [0.15, 0.2) is 0 Å². The van der Waals surface area contributed by atoms with E-state index in [0.29, 0.717) is 12.4 Å². The van der Waals surface area contributed by atoms with Gasteiger partial charge in [-0.3, -0.25) is 0 Å². The van der Waals surface area contributed by atoms with Crippen LogP contribution in [0.3, 0.4) is 0 Å². The van der Waals surface area contributed by atoms with E-state index in [-0.39, 0.29) is 0 Å². The summed E-state index contributed by atoms with van der Waals surface area (Å²) in [4.78, 5) is 5.68. The maximum Gasteiger partial charge on any atom is 0.214 e. The van der Waals surface area contributed by atoms with Gasteiger partial charge in [0.1, 0.15) is 5.82 Å². The molecule has 1 rings (SSSR count). The van der Waals surface area contributed by atoms with Gasteiger partial charge in [-0.15, -0.1) is 0 Å². The number of anilines is 1. The van der Waals surface area contributed by atoms with E-state index in [0.717, 1.165) is 13.0 Å². The quantitative estimate of drug-likeness (QED) is 0.532. The average molecular weight is 198 g/mol. The van der Waals surface area contributed by atoms with Crippen molar-refractivity contribution >= 4 is 5.82 Å². The molecule has 4 heteroatoms. The molecule has 0 saturated heterocycles. The van der Waals surface area contributed by atoms with Crippen LogP contribution in [-0.2, 0) is 4.74 Å². The van der Waals surface area contributed by atoms with Gasteiger partial charge in [0.25, 0.3) is 0 Å². The zero-order valence-corrected chi connectivity index (χ0v) is 8.53. The lowest BCUT2D eigenvalue weighted by Gasteiger charge is -2.17. The number of hydrogen-bond donors (Lipinski definition) is 0. The summed E-state index contributed by atoms with van der Waals surface area (Å²) >= 11 is 0. The molecule has 1 aromatic rings. The molecule has 0 N–H and O–H groups in total. The number of hydrogen-bond acceptors (Lipinski definition) is 3. The molecule has 0 unspecified atom stereocenters. The summed E-state index contributed by atoms with van der Waals surface area (Å²) in [6, 6.07) is 4.78. The van der Waals surface area contributed by atoms with Gasteiger partial charge in [-0.25, -0.2) is 4.98 Å². The van der Waals surface area contributed by atoms with E-state index in [1.807, 2.05) is 11.9 Å². The van der Waals surface area contributed by atoms with E-state index in [9.17, 15) is 4.39 Å². The third kappa shape index (κ3) is 3.30. The number of rotatable bonds is 5. The summed E-state index contributed by atoms with van der Waals surface area (Å²) < 4.78 is 17.7. The lowest BCUT2D eigenvalue weighted by molar-refractivity contribution is 0.196. The van der Waals surface area contributed by atoms with Crippen LogP contribution in [-0.4, -0.2) is 32.3 Å². The molecule has 0 radical (unpaired) electrons. The Balaban J connectivity index is 2.47. The van der Waals surface area contributed by atoms with Crippen molar-refractivity contribution in [2.24, 2.45) is 0 Å². The van der Waals surface area contributed by atoms with Crippen molar-refractivity contribution in [1.29, 1.82) is 0 Å². The van der Waals surface area contributed by atoms with Gasteiger partial charge in [-0.2, -0.15) is 4.39 Å². The Hall–Kier alpha value is -1.16. The fourth-order valence-electron chi connectivity index (χ4n) is 1.17. The predicted octanol–water partition coefficient (Wildman–Crippen LogP) is 1.69. The molecule has 0 atom stereocenters. The van der Waals surface area contributed by atoms with Crippen LogP contribution in [0.4, 0.5) is 10.2 Å². The fraction of sp³-hybridized carbons (Fsp3) is 0.500. The summed E-state index contributed by atoms with van der Waals surface area (Å²) in [5, 5.41) is 0. The third-order valence-corrected chi connectivity index (χ3v) is 1.93. The Morgan fingerprint density at radius 3 is 2.93 bits per heavy atom. The van der Waals surface area contributed by atoms with Crippen LogP contribution in [0, 0.1) is 5.95 Å². The Morgan fingerprint density at radius 1 is 1.50 bits per heavy atom.